The summed E-state index contributed by atoms with van der Waals surface area (Å²) in [5, 5.41) is 0. The lowest BCUT2D eigenvalue weighted by atomic mass is 9.63. The molecule has 4 rings (SSSR count). The summed E-state index contributed by atoms with van der Waals surface area (Å²) in [5.74, 6) is 1.64. The summed E-state index contributed by atoms with van der Waals surface area (Å²) in [6.07, 6.45) is 12.7. The molecule has 21 heavy (non-hydrogen) atoms. The molecule has 0 aliphatic heterocycles. The zero-order valence-corrected chi connectivity index (χ0v) is 12.9. The van der Waals surface area contributed by atoms with Crippen molar-refractivity contribution in [2.45, 2.75) is 51.9 Å². The van der Waals surface area contributed by atoms with Gasteiger partial charge in [-0.3, -0.25) is 4.79 Å². The van der Waals surface area contributed by atoms with Gasteiger partial charge in [0.25, 0.3) is 0 Å². The van der Waals surface area contributed by atoms with Gasteiger partial charge in [0.05, 0.1) is 0 Å². The number of ketones is 1. The summed E-state index contributed by atoms with van der Waals surface area (Å²) >= 11 is 0. The Morgan fingerprint density at radius 1 is 1.29 bits per heavy atom. The lowest BCUT2D eigenvalue weighted by Crippen LogP contribution is -2.39. The fraction of sp³-hybridized carbons (Fsp3) is 0.550. The summed E-state index contributed by atoms with van der Waals surface area (Å²) in [6.45, 7) is 2.22. The molecular formula is C20H24O. The Morgan fingerprint density at radius 2 is 2.19 bits per heavy atom. The van der Waals surface area contributed by atoms with E-state index in [9.17, 15) is 4.79 Å². The molecule has 3 unspecified atom stereocenters. The summed E-state index contributed by atoms with van der Waals surface area (Å²) < 4.78 is 0. The number of hydrogen-bond acceptors (Lipinski definition) is 1. The molecule has 1 saturated carbocycles. The van der Waals surface area contributed by atoms with Crippen LogP contribution < -0.4 is 0 Å². The molecule has 3 aliphatic carbocycles. The van der Waals surface area contributed by atoms with Crippen molar-refractivity contribution in [3.05, 3.63) is 47.0 Å². The molecule has 1 spiro atoms. The highest BCUT2D eigenvalue weighted by atomic mass is 16.1. The molecular weight excluding hydrogens is 256 g/mol. The predicted octanol–water partition coefficient (Wildman–Crippen LogP) is 4.74. The van der Waals surface area contributed by atoms with Gasteiger partial charge in [-0.05, 0) is 67.6 Å². The highest BCUT2D eigenvalue weighted by Gasteiger charge is 2.54. The summed E-state index contributed by atoms with van der Waals surface area (Å²) in [6, 6.07) is 6.67. The van der Waals surface area contributed by atoms with Crippen molar-refractivity contribution in [2.24, 2.45) is 17.3 Å². The van der Waals surface area contributed by atoms with Crippen molar-refractivity contribution in [1.29, 1.82) is 0 Å². The van der Waals surface area contributed by atoms with E-state index in [2.05, 4.69) is 37.3 Å². The molecule has 1 heteroatoms. The van der Waals surface area contributed by atoms with Crippen molar-refractivity contribution in [2.75, 3.05) is 0 Å². The molecule has 2 bridgehead atoms. The summed E-state index contributed by atoms with van der Waals surface area (Å²) in [5.41, 5.74) is 3.64. The van der Waals surface area contributed by atoms with Crippen LogP contribution in [0.3, 0.4) is 0 Å². The second kappa shape index (κ2) is 4.83. The van der Waals surface area contributed by atoms with Crippen LogP contribution in [0, 0.1) is 17.3 Å². The maximum atomic E-state index is 13.2. The van der Waals surface area contributed by atoms with Crippen LogP contribution in [0.4, 0.5) is 0 Å². The molecule has 110 valence electrons. The molecule has 1 nitrogen and oxygen atoms in total. The average Bonchev–Trinajstić information content (AvgIpc) is 3.11. The Bertz CT molecular complexity index is 612. The SMILES string of the molecule is CCCCc1ccc2c(c1)C(=O)C1(CC2)CC2C=CC1C2. The van der Waals surface area contributed by atoms with Crippen molar-refractivity contribution in [3.8, 4) is 0 Å². The number of hydrogen-bond donors (Lipinski definition) is 0. The van der Waals surface area contributed by atoms with E-state index < -0.39 is 0 Å². The first-order chi connectivity index (χ1) is 10.2. The summed E-state index contributed by atoms with van der Waals surface area (Å²) in [7, 11) is 0. The van der Waals surface area contributed by atoms with Gasteiger partial charge in [-0.15, -0.1) is 0 Å². The molecule has 1 fully saturated rings. The largest absolute Gasteiger partial charge is 0.294 e. The minimum Gasteiger partial charge on any atom is -0.294 e. The number of benzene rings is 1. The van der Waals surface area contributed by atoms with Gasteiger partial charge in [0.1, 0.15) is 0 Å². The number of rotatable bonds is 3. The standard InChI is InChI=1S/C20H24O/c1-2-3-4-14-5-7-16-9-10-20(19(21)18(16)12-14)13-15-6-8-17(20)11-15/h5-8,12,15,17H,2-4,9-11,13H2,1H3. The van der Waals surface area contributed by atoms with E-state index in [1.54, 1.807) is 0 Å². The second-order valence-electron chi connectivity index (χ2n) is 7.27. The highest BCUT2D eigenvalue weighted by Crippen LogP contribution is 2.57. The zero-order valence-electron chi connectivity index (χ0n) is 12.9. The minimum absolute atomic E-state index is 0.0458. The molecule has 0 saturated heterocycles. The van der Waals surface area contributed by atoms with Gasteiger partial charge in [0, 0.05) is 11.0 Å². The van der Waals surface area contributed by atoms with E-state index in [4.69, 9.17) is 0 Å². The monoisotopic (exact) mass is 280 g/mol. The zero-order chi connectivity index (χ0) is 14.4. The first-order valence-corrected chi connectivity index (χ1v) is 8.58. The first-order valence-electron chi connectivity index (χ1n) is 8.58. The topological polar surface area (TPSA) is 17.1 Å². The number of unbranched alkanes of at least 4 members (excludes halogenated alkanes) is 1. The third-order valence-electron chi connectivity index (χ3n) is 6.04. The average molecular weight is 280 g/mol. The predicted molar refractivity (Wildman–Crippen MR) is 85.5 cm³/mol. The smallest absolute Gasteiger partial charge is 0.169 e. The summed E-state index contributed by atoms with van der Waals surface area (Å²) in [4.78, 5) is 13.2. The highest BCUT2D eigenvalue weighted by molar-refractivity contribution is 6.03. The maximum absolute atomic E-state index is 13.2. The molecule has 0 amide bonds. The Morgan fingerprint density at radius 3 is 2.90 bits per heavy atom. The molecule has 0 radical (unpaired) electrons. The van der Waals surface area contributed by atoms with E-state index >= 15 is 0 Å². The quantitative estimate of drug-likeness (QED) is 0.731. The van der Waals surface area contributed by atoms with Crippen LogP contribution in [-0.4, -0.2) is 5.78 Å². The maximum Gasteiger partial charge on any atom is 0.169 e. The van der Waals surface area contributed by atoms with E-state index in [-0.39, 0.29) is 5.41 Å². The fourth-order valence-corrected chi connectivity index (χ4v) is 4.83. The van der Waals surface area contributed by atoms with Crippen molar-refractivity contribution < 1.29 is 4.79 Å². The van der Waals surface area contributed by atoms with Crippen LogP contribution in [0.1, 0.15) is 60.5 Å². The molecule has 3 aliphatic rings. The Balaban J connectivity index is 1.68. The molecule has 0 aromatic heterocycles. The third kappa shape index (κ3) is 1.93. The van der Waals surface area contributed by atoms with Gasteiger partial charge in [0.2, 0.25) is 0 Å². The van der Waals surface area contributed by atoms with Crippen LogP contribution in [-0.2, 0) is 12.8 Å². The number of carbonyl (C=O) groups excluding carboxylic acids is 1. The van der Waals surface area contributed by atoms with Crippen LogP contribution >= 0.6 is 0 Å². The van der Waals surface area contributed by atoms with E-state index in [0.29, 0.717) is 17.6 Å². The number of fused-ring (bicyclic) bond motifs is 4. The third-order valence-corrected chi connectivity index (χ3v) is 6.04. The number of carbonyl (C=O) groups is 1. The lowest BCUT2D eigenvalue weighted by molar-refractivity contribution is 0.0702. The van der Waals surface area contributed by atoms with Crippen LogP contribution in [0.25, 0.3) is 0 Å². The molecule has 1 aromatic carbocycles. The van der Waals surface area contributed by atoms with Crippen LogP contribution in [0.15, 0.2) is 30.4 Å². The minimum atomic E-state index is -0.0458. The molecule has 0 heterocycles. The Kier molecular flexibility index (Phi) is 3.06. The van der Waals surface area contributed by atoms with E-state index in [0.717, 1.165) is 31.2 Å². The number of aryl methyl sites for hydroxylation is 2. The van der Waals surface area contributed by atoms with Gasteiger partial charge >= 0.3 is 0 Å². The van der Waals surface area contributed by atoms with E-state index in [1.807, 2.05) is 0 Å². The van der Waals surface area contributed by atoms with Crippen molar-refractivity contribution in [1.82, 2.24) is 0 Å². The van der Waals surface area contributed by atoms with Gasteiger partial charge in [-0.25, -0.2) is 0 Å². The number of Topliss-reactive ketones (excluding diaryl/α,β-unsaturated/α-hetero) is 1. The van der Waals surface area contributed by atoms with Crippen molar-refractivity contribution in [3.63, 3.8) is 0 Å². The Labute approximate surface area is 127 Å². The van der Waals surface area contributed by atoms with Crippen molar-refractivity contribution >= 4 is 5.78 Å². The number of allylic oxidation sites excluding steroid dienone is 2. The molecule has 1 aromatic rings. The van der Waals surface area contributed by atoms with Gasteiger partial charge in [0.15, 0.2) is 5.78 Å². The normalized spacial score (nSPS) is 32.9. The fourth-order valence-electron chi connectivity index (χ4n) is 4.83. The van der Waals surface area contributed by atoms with E-state index in [1.165, 1.54) is 30.4 Å². The second-order valence-corrected chi connectivity index (χ2v) is 7.27. The molecule has 0 N–H and O–H groups in total. The van der Waals surface area contributed by atoms with Gasteiger partial charge < -0.3 is 0 Å². The molecule has 3 atom stereocenters. The van der Waals surface area contributed by atoms with Gasteiger partial charge in [-0.2, -0.15) is 0 Å². The Hall–Kier alpha value is -1.37. The lowest BCUT2D eigenvalue weighted by Gasteiger charge is -2.38. The van der Waals surface area contributed by atoms with Gasteiger partial charge in [-0.1, -0.05) is 37.6 Å². The first kappa shape index (κ1) is 13.3. The van der Waals surface area contributed by atoms with Crippen LogP contribution in [0.5, 0.6) is 0 Å². The van der Waals surface area contributed by atoms with Crippen LogP contribution in [0.2, 0.25) is 0 Å².